The summed E-state index contributed by atoms with van der Waals surface area (Å²) in [5.74, 6) is 4.41. The normalized spacial score (nSPS) is 53.2. The third-order valence-electron chi connectivity index (χ3n) is 10.8. The number of fused-ring (bicyclic) bond motifs is 6. The van der Waals surface area contributed by atoms with Gasteiger partial charge in [0.2, 0.25) is 0 Å². The first-order valence-corrected chi connectivity index (χ1v) is 13.0. The SMILES string of the molecule is CC1=C2CC3C(CCC4CC(=O)CCC43C)C2CCC2(C1)CC1NCC(C)CC1O2. The summed E-state index contributed by atoms with van der Waals surface area (Å²) in [6.07, 6.45) is 13.5. The zero-order chi connectivity index (χ0) is 20.7. The Kier molecular flexibility index (Phi) is 4.60. The number of carbonyl (C=O) groups is 1. The van der Waals surface area contributed by atoms with Crippen LogP contribution in [0.3, 0.4) is 0 Å². The molecule has 9 unspecified atom stereocenters. The molecule has 30 heavy (non-hydrogen) atoms. The minimum Gasteiger partial charge on any atom is -0.370 e. The largest absolute Gasteiger partial charge is 0.370 e. The van der Waals surface area contributed by atoms with Gasteiger partial charge in [-0.2, -0.15) is 0 Å². The number of rotatable bonds is 0. The van der Waals surface area contributed by atoms with Crippen LogP contribution in [0, 0.1) is 35.0 Å². The van der Waals surface area contributed by atoms with Crippen molar-refractivity contribution in [3.8, 4) is 0 Å². The van der Waals surface area contributed by atoms with Gasteiger partial charge < -0.3 is 10.1 Å². The predicted molar refractivity (Wildman–Crippen MR) is 119 cm³/mol. The Balaban J connectivity index is 1.26. The maximum absolute atomic E-state index is 12.1. The zero-order valence-electron chi connectivity index (χ0n) is 19.3. The van der Waals surface area contributed by atoms with Crippen LogP contribution in [0.25, 0.3) is 0 Å². The van der Waals surface area contributed by atoms with E-state index in [1.165, 1.54) is 51.4 Å². The highest BCUT2D eigenvalue weighted by molar-refractivity contribution is 5.79. The fraction of sp³-hybridized carbons (Fsp3) is 0.889. The molecule has 1 spiro atoms. The molecule has 2 heterocycles. The van der Waals surface area contributed by atoms with Crippen molar-refractivity contribution < 1.29 is 9.53 Å². The van der Waals surface area contributed by atoms with Crippen LogP contribution in [0.15, 0.2) is 11.1 Å². The third-order valence-corrected chi connectivity index (χ3v) is 10.8. The zero-order valence-corrected chi connectivity index (χ0v) is 19.3. The molecule has 0 radical (unpaired) electrons. The van der Waals surface area contributed by atoms with Crippen molar-refractivity contribution in [2.75, 3.05) is 6.54 Å². The van der Waals surface area contributed by atoms with Gasteiger partial charge in [0.15, 0.2) is 0 Å². The quantitative estimate of drug-likeness (QED) is 0.540. The minimum absolute atomic E-state index is 0.0989. The summed E-state index contributed by atoms with van der Waals surface area (Å²) >= 11 is 0. The first kappa shape index (κ1) is 20.0. The molecule has 0 aromatic rings. The van der Waals surface area contributed by atoms with Crippen molar-refractivity contribution in [3.63, 3.8) is 0 Å². The van der Waals surface area contributed by atoms with Gasteiger partial charge in [-0.3, -0.25) is 4.79 Å². The number of hydrogen-bond acceptors (Lipinski definition) is 3. The first-order chi connectivity index (χ1) is 14.4. The predicted octanol–water partition coefficient (Wildman–Crippen LogP) is 5.43. The van der Waals surface area contributed by atoms with Crippen LogP contribution in [-0.2, 0) is 9.53 Å². The van der Waals surface area contributed by atoms with Crippen LogP contribution < -0.4 is 5.32 Å². The van der Waals surface area contributed by atoms with Crippen LogP contribution in [0.2, 0.25) is 0 Å². The smallest absolute Gasteiger partial charge is 0.133 e. The van der Waals surface area contributed by atoms with Crippen molar-refractivity contribution in [3.05, 3.63) is 11.1 Å². The molecule has 0 amide bonds. The number of piperidine rings is 1. The Bertz CT molecular complexity index is 773. The summed E-state index contributed by atoms with van der Waals surface area (Å²) in [6, 6.07) is 0.582. The summed E-state index contributed by atoms with van der Waals surface area (Å²) in [7, 11) is 0. The second-order valence-corrected chi connectivity index (χ2v) is 12.5. The molecule has 3 nitrogen and oxygen atoms in total. The summed E-state index contributed by atoms with van der Waals surface area (Å²) < 4.78 is 6.90. The maximum Gasteiger partial charge on any atom is 0.133 e. The molecule has 2 aliphatic heterocycles. The van der Waals surface area contributed by atoms with Gasteiger partial charge in [-0.05, 0) is 106 Å². The third kappa shape index (κ3) is 2.94. The lowest BCUT2D eigenvalue weighted by Gasteiger charge is -2.52. The van der Waals surface area contributed by atoms with Crippen molar-refractivity contribution in [2.45, 2.75) is 109 Å². The monoisotopic (exact) mass is 411 g/mol. The van der Waals surface area contributed by atoms with Crippen LogP contribution in [0.1, 0.15) is 91.4 Å². The fourth-order valence-corrected chi connectivity index (χ4v) is 9.23. The van der Waals surface area contributed by atoms with Crippen LogP contribution in [-0.4, -0.2) is 30.1 Å². The van der Waals surface area contributed by atoms with Gasteiger partial charge >= 0.3 is 0 Å². The van der Waals surface area contributed by atoms with Gasteiger partial charge in [0.05, 0.1) is 11.7 Å². The Morgan fingerprint density at radius 3 is 2.87 bits per heavy atom. The lowest BCUT2D eigenvalue weighted by Crippen LogP contribution is -2.46. The second kappa shape index (κ2) is 6.91. The van der Waals surface area contributed by atoms with E-state index in [-0.39, 0.29) is 5.60 Å². The van der Waals surface area contributed by atoms with Crippen molar-refractivity contribution in [1.82, 2.24) is 5.32 Å². The summed E-state index contributed by atoms with van der Waals surface area (Å²) in [5.41, 5.74) is 4.00. The van der Waals surface area contributed by atoms with E-state index in [2.05, 4.69) is 26.1 Å². The number of ether oxygens (including phenoxy) is 1. The van der Waals surface area contributed by atoms with E-state index in [0.29, 0.717) is 29.3 Å². The van der Waals surface area contributed by atoms with E-state index < -0.39 is 0 Å². The average Bonchev–Trinajstić information content (AvgIpc) is 3.22. The van der Waals surface area contributed by atoms with Gasteiger partial charge in [-0.1, -0.05) is 25.0 Å². The fourth-order valence-electron chi connectivity index (χ4n) is 9.23. The molecule has 166 valence electrons. The molecule has 1 N–H and O–H groups in total. The molecule has 9 atom stereocenters. The molecule has 6 rings (SSSR count). The van der Waals surface area contributed by atoms with Gasteiger partial charge in [0.1, 0.15) is 5.78 Å². The lowest BCUT2D eigenvalue weighted by molar-refractivity contribution is -0.129. The molecular formula is C27H41NO2. The van der Waals surface area contributed by atoms with E-state index in [1.54, 1.807) is 5.57 Å². The standard InChI is InChI=1S/C27H41NO2/c1-16-10-25-24(28-15-16)14-27(30-25)9-7-20-21-5-4-18-11-19(29)6-8-26(18,3)23(21)12-22(20)17(2)13-27/h16,18,20-21,23-25,28H,4-15H2,1-3H3. The molecule has 5 fully saturated rings. The molecule has 2 saturated heterocycles. The lowest BCUT2D eigenvalue weighted by atomic mass is 9.52. The van der Waals surface area contributed by atoms with Crippen molar-refractivity contribution in [2.24, 2.45) is 35.0 Å². The number of carbonyl (C=O) groups excluding carboxylic acids is 1. The van der Waals surface area contributed by atoms with Crippen molar-refractivity contribution in [1.29, 1.82) is 0 Å². The Hall–Kier alpha value is -0.670. The summed E-state index contributed by atoms with van der Waals surface area (Å²) in [5, 5.41) is 3.80. The number of ketones is 1. The minimum atomic E-state index is 0.0989. The van der Waals surface area contributed by atoms with E-state index in [1.807, 2.05) is 5.57 Å². The van der Waals surface area contributed by atoms with Gasteiger partial charge in [0, 0.05) is 18.9 Å². The molecule has 3 heteroatoms. The molecule has 0 aromatic carbocycles. The molecule has 4 aliphatic carbocycles. The molecule has 3 saturated carbocycles. The maximum atomic E-state index is 12.1. The highest BCUT2D eigenvalue weighted by Crippen LogP contribution is 2.64. The van der Waals surface area contributed by atoms with Crippen LogP contribution >= 0.6 is 0 Å². The van der Waals surface area contributed by atoms with E-state index in [9.17, 15) is 4.79 Å². The van der Waals surface area contributed by atoms with Gasteiger partial charge in [0.25, 0.3) is 0 Å². The first-order valence-electron chi connectivity index (χ1n) is 13.0. The van der Waals surface area contributed by atoms with Gasteiger partial charge in [-0.25, -0.2) is 0 Å². The highest BCUT2D eigenvalue weighted by atomic mass is 16.5. The summed E-state index contributed by atoms with van der Waals surface area (Å²) in [6.45, 7) is 8.52. The molecule has 6 aliphatic rings. The molecule has 0 bridgehead atoms. The molecular weight excluding hydrogens is 370 g/mol. The van der Waals surface area contributed by atoms with E-state index in [0.717, 1.165) is 49.5 Å². The Morgan fingerprint density at radius 2 is 2.00 bits per heavy atom. The van der Waals surface area contributed by atoms with Gasteiger partial charge in [-0.15, -0.1) is 0 Å². The summed E-state index contributed by atoms with van der Waals surface area (Å²) in [4.78, 5) is 12.1. The Labute approximate surface area is 182 Å². The van der Waals surface area contributed by atoms with Crippen molar-refractivity contribution >= 4 is 5.78 Å². The van der Waals surface area contributed by atoms with E-state index in [4.69, 9.17) is 4.74 Å². The van der Waals surface area contributed by atoms with Crippen LogP contribution in [0.4, 0.5) is 0 Å². The number of hydrogen-bond donors (Lipinski definition) is 1. The van der Waals surface area contributed by atoms with E-state index >= 15 is 0 Å². The number of allylic oxidation sites excluding steroid dienone is 1. The molecule has 0 aromatic heterocycles. The average molecular weight is 412 g/mol. The van der Waals surface area contributed by atoms with Crippen LogP contribution in [0.5, 0.6) is 0 Å². The number of nitrogens with one attached hydrogen (secondary N) is 1. The second-order valence-electron chi connectivity index (χ2n) is 12.5. The highest BCUT2D eigenvalue weighted by Gasteiger charge is 2.57. The number of Topliss-reactive ketones (excluding diaryl/α,β-unsaturated/α-hetero) is 1. The topological polar surface area (TPSA) is 38.3 Å². The Morgan fingerprint density at radius 1 is 1.13 bits per heavy atom.